The molecule has 0 radical (unpaired) electrons. The van der Waals surface area contributed by atoms with Gasteiger partial charge in [0.2, 0.25) is 0 Å². The number of aryl methyl sites for hydroxylation is 1. The average Bonchev–Trinajstić information content (AvgIpc) is 2.76. The molecule has 1 aromatic carbocycles. The zero-order chi connectivity index (χ0) is 15.4. The summed E-state index contributed by atoms with van der Waals surface area (Å²) in [6, 6.07) is 6.05. The van der Waals surface area contributed by atoms with Crippen LogP contribution < -0.4 is 15.8 Å². The highest BCUT2D eigenvalue weighted by atomic mass is 32.1. The molecule has 8 heteroatoms. The van der Waals surface area contributed by atoms with Crippen molar-refractivity contribution in [2.24, 2.45) is 0 Å². The Hall–Kier alpha value is -2.22. The molecule has 5 nitrogen and oxygen atoms in total. The van der Waals surface area contributed by atoms with E-state index in [1.807, 2.05) is 0 Å². The quantitative estimate of drug-likeness (QED) is 0.889. The fourth-order valence-electron chi connectivity index (χ4n) is 1.68. The van der Waals surface area contributed by atoms with Crippen LogP contribution in [0.2, 0.25) is 0 Å². The van der Waals surface area contributed by atoms with E-state index in [1.165, 1.54) is 12.1 Å². The zero-order valence-corrected chi connectivity index (χ0v) is 11.9. The molecule has 0 aliphatic heterocycles. The first-order chi connectivity index (χ1) is 9.95. The molecule has 21 heavy (non-hydrogen) atoms. The number of nitrogens with zero attached hydrogens (tertiary/aromatic N) is 1. The van der Waals surface area contributed by atoms with Crippen LogP contribution in [0.3, 0.4) is 0 Å². The number of anilines is 1. The number of carbonyl (C=O) groups is 1. The third-order valence-corrected chi connectivity index (χ3v) is 3.61. The molecule has 3 N–H and O–H groups in total. The summed E-state index contributed by atoms with van der Waals surface area (Å²) in [4.78, 5) is 16.4. The normalized spacial score (nSPS) is 10.7. The molecule has 0 saturated heterocycles. The van der Waals surface area contributed by atoms with Gasteiger partial charge in [-0.25, -0.2) is 4.98 Å². The fraction of sp³-hybridized carbons (Fsp3) is 0.231. The van der Waals surface area contributed by atoms with E-state index in [-0.39, 0.29) is 18.2 Å². The molecule has 2 aromatic rings. The second kappa shape index (κ2) is 6.49. The van der Waals surface area contributed by atoms with Gasteiger partial charge >= 0.3 is 6.61 Å². The van der Waals surface area contributed by atoms with Gasteiger partial charge in [0, 0.05) is 6.54 Å². The third kappa shape index (κ3) is 4.12. The molecule has 0 saturated carbocycles. The van der Waals surface area contributed by atoms with Crippen LogP contribution in [-0.2, 0) is 6.54 Å². The van der Waals surface area contributed by atoms with Crippen molar-refractivity contribution in [2.45, 2.75) is 20.1 Å². The van der Waals surface area contributed by atoms with Gasteiger partial charge in [0.1, 0.15) is 10.6 Å². The first-order valence-electron chi connectivity index (χ1n) is 6.00. The van der Waals surface area contributed by atoms with Gasteiger partial charge in [-0.2, -0.15) is 8.78 Å². The van der Waals surface area contributed by atoms with Gasteiger partial charge in [0.15, 0.2) is 5.13 Å². The van der Waals surface area contributed by atoms with Crippen LogP contribution in [0.4, 0.5) is 13.9 Å². The van der Waals surface area contributed by atoms with E-state index in [9.17, 15) is 13.6 Å². The number of hydrogen-bond donors (Lipinski definition) is 2. The number of nitrogen functional groups attached to an aromatic ring is 1. The number of nitrogens with two attached hydrogens (primary N) is 1. The molecular formula is C13H13F2N3O2S. The van der Waals surface area contributed by atoms with Crippen molar-refractivity contribution in [3.05, 3.63) is 40.4 Å². The predicted molar refractivity (Wildman–Crippen MR) is 75.5 cm³/mol. The minimum Gasteiger partial charge on any atom is -0.435 e. The predicted octanol–water partition coefficient (Wildman–Crippen LogP) is 2.57. The average molecular weight is 313 g/mol. The molecule has 0 unspecified atom stereocenters. The standard InChI is InChI=1S/C13H13F2N3O2S/c1-7-10(21-13(16)18-7)11(19)17-6-8-2-4-9(5-3-8)20-12(14)15/h2-5,12H,6H2,1H3,(H2,16,18)(H,17,19). The summed E-state index contributed by atoms with van der Waals surface area (Å²) in [7, 11) is 0. The van der Waals surface area contributed by atoms with E-state index in [0.29, 0.717) is 15.7 Å². The Bertz CT molecular complexity index is 629. The highest BCUT2D eigenvalue weighted by Gasteiger charge is 2.13. The molecule has 0 bridgehead atoms. The fourth-order valence-corrected chi connectivity index (χ4v) is 2.43. The van der Waals surface area contributed by atoms with Crippen molar-refractivity contribution in [1.29, 1.82) is 0 Å². The largest absolute Gasteiger partial charge is 0.435 e. The summed E-state index contributed by atoms with van der Waals surface area (Å²) in [6.45, 7) is -0.876. The first kappa shape index (κ1) is 15.2. The number of nitrogens with one attached hydrogen (secondary N) is 1. The van der Waals surface area contributed by atoms with Crippen molar-refractivity contribution >= 4 is 22.4 Å². The molecule has 112 valence electrons. The van der Waals surface area contributed by atoms with Gasteiger partial charge < -0.3 is 15.8 Å². The lowest BCUT2D eigenvalue weighted by atomic mass is 10.2. The van der Waals surface area contributed by atoms with E-state index in [2.05, 4.69) is 15.0 Å². The smallest absolute Gasteiger partial charge is 0.387 e. The van der Waals surface area contributed by atoms with Crippen molar-refractivity contribution < 1.29 is 18.3 Å². The summed E-state index contributed by atoms with van der Waals surface area (Å²) >= 11 is 1.12. The molecule has 1 heterocycles. The lowest BCUT2D eigenvalue weighted by Gasteiger charge is -2.07. The SMILES string of the molecule is Cc1nc(N)sc1C(=O)NCc1ccc(OC(F)F)cc1. The van der Waals surface area contributed by atoms with Gasteiger partial charge in [-0.3, -0.25) is 4.79 Å². The van der Waals surface area contributed by atoms with E-state index in [1.54, 1.807) is 19.1 Å². The van der Waals surface area contributed by atoms with Gasteiger partial charge in [-0.05, 0) is 24.6 Å². The highest BCUT2D eigenvalue weighted by Crippen LogP contribution is 2.19. The van der Waals surface area contributed by atoms with Crippen molar-refractivity contribution in [2.75, 3.05) is 5.73 Å². The summed E-state index contributed by atoms with van der Waals surface area (Å²) < 4.78 is 28.3. The van der Waals surface area contributed by atoms with Gasteiger partial charge in [0.05, 0.1) is 5.69 Å². The Morgan fingerprint density at radius 1 is 1.43 bits per heavy atom. The Morgan fingerprint density at radius 3 is 2.62 bits per heavy atom. The van der Waals surface area contributed by atoms with E-state index in [4.69, 9.17) is 5.73 Å². The maximum Gasteiger partial charge on any atom is 0.387 e. The number of carbonyl (C=O) groups excluding carboxylic acids is 1. The van der Waals surface area contributed by atoms with Gasteiger partial charge in [0.25, 0.3) is 5.91 Å². The van der Waals surface area contributed by atoms with Crippen LogP contribution in [0.5, 0.6) is 5.75 Å². The molecule has 0 fully saturated rings. The van der Waals surface area contributed by atoms with Crippen LogP contribution in [0.25, 0.3) is 0 Å². The maximum absolute atomic E-state index is 12.0. The van der Waals surface area contributed by atoms with Gasteiger partial charge in [-0.15, -0.1) is 0 Å². The minimum atomic E-state index is -2.85. The number of amides is 1. The Balaban J connectivity index is 1.93. The van der Waals surface area contributed by atoms with E-state index >= 15 is 0 Å². The molecule has 0 spiro atoms. The molecular weight excluding hydrogens is 300 g/mol. The number of halogens is 2. The lowest BCUT2D eigenvalue weighted by molar-refractivity contribution is -0.0498. The second-order valence-electron chi connectivity index (χ2n) is 4.17. The Kier molecular flexibility index (Phi) is 4.69. The number of rotatable bonds is 5. The van der Waals surface area contributed by atoms with Crippen LogP contribution in [-0.4, -0.2) is 17.5 Å². The molecule has 1 aromatic heterocycles. The summed E-state index contributed by atoms with van der Waals surface area (Å²) in [5, 5.41) is 3.06. The number of aromatic nitrogens is 1. The third-order valence-electron chi connectivity index (χ3n) is 2.62. The monoisotopic (exact) mass is 313 g/mol. The van der Waals surface area contributed by atoms with Crippen LogP contribution >= 0.6 is 11.3 Å². The molecule has 2 rings (SSSR count). The number of thiazole rings is 1. The summed E-state index contributed by atoms with van der Waals surface area (Å²) in [6.07, 6.45) is 0. The zero-order valence-electron chi connectivity index (χ0n) is 11.1. The van der Waals surface area contributed by atoms with Crippen LogP contribution in [0.1, 0.15) is 20.9 Å². The minimum absolute atomic E-state index is 0.0751. The number of benzene rings is 1. The van der Waals surface area contributed by atoms with Crippen LogP contribution in [0.15, 0.2) is 24.3 Å². The summed E-state index contributed by atoms with van der Waals surface area (Å²) in [5.41, 5.74) is 6.88. The van der Waals surface area contributed by atoms with E-state index in [0.717, 1.165) is 16.9 Å². The number of alkyl halides is 2. The Labute approximate surface area is 123 Å². The molecule has 1 amide bonds. The molecule has 0 atom stereocenters. The second-order valence-corrected chi connectivity index (χ2v) is 5.20. The topological polar surface area (TPSA) is 77.2 Å². The molecule has 0 aliphatic rings. The van der Waals surface area contributed by atoms with Crippen molar-refractivity contribution in [1.82, 2.24) is 10.3 Å². The van der Waals surface area contributed by atoms with Gasteiger partial charge in [-0.1, -0.05) is 23.5 Å². The summed E-state index contributed by atoms with van der Waals surface area (Å²) in [5.74, 6) is -0.194. The number of hydrogen-bond acceptors (Lipinski definition) is 5. The number of ether oxygens (including phenoxy) is 1. The van der Waals surface area contributed by atoms with Crippen molar-refractivity contribution in [3.8, 4) is 5.75 Å². The Morgan fingerprint density at radius 2 is 2.10 bits per heavy atom. The van der Waals surface area contributed by atoms with Crippen LogP contribution in [0, 0.1) is 6.92 Å². The van der Waals surface area contributed by atoms with Crippen molar-refractivity contribution in [3.63, 3.8) is 0 Å². The lowest BCUT2D eigenvalue weighted by Crippen LogP contribution is -2.22. The molecule has 0 aliphatic carbocycles. The van der Waals surface area contributed by atoms with E-state index < -0.39 is 6.61 Å². The highest BCUT2D eigenvalue weighted by molar-refractivity contribution is 7.17. The first-order valence-corrected chi connectivity index (χ1v) is 6.82. The maximum atomic E-state index is 12.0.